The number of aromatic nitrogens is 6. The molecule has 1 atom stereocenters. The van der Waals surface area contributed by atoms with Gasteiger partial charge in [-0.2, -0.15) is 10.4 Å². The van der Waals surface area contributed by atoms with Crippen LogP contribution in [0.25, 0.3) is 22.4 Å². The van der Waals surface area contributed by atoms with Gasteiger partial charge in [-0.05, 0) is 64.9 Å². The fourth-order valence-corrected chi connectivity index (χ4v) is 6.03. The SMILES string of the molecule is COc1c(Nc2cc(Nc3cc(C)cc(C#N)n3)nc3c2nc(C(F)F)n3PI)cccc1-c1ccn(C)n1. The number of imidazole rings is 1. The molecule has 0 aliphatic rings. The van der Waals surface area contributed by atoms with Crippen molar-refractivity contribution < 1.29 is 13.5 Å². The van der Waals surface area contributed by atoms with Gasteiger partial charge in [0, 0.05) is 24.9 Å². The van der Waals surface area contributed by atoms with Crippen LogP contribution in [0.15, 0.2) is 48.7 Å². The highest BCUT2D eigenvalue weighted by Gasteiger charge is 2.23. The van der Waals surface area contributed by atoms with Gasteiger partial charge in [-0.3, -0.25) is 9.02 Å². The van der Waals surface area contributed by atoms with Crippen molar-refractivity contribution >= 4 is 62.6 Å². The molecule has 4 heterocycles. The predicted octanol–water partition coefficient (Wildman–Crippen LogP) is 6.63. The number of hydrogen-bond donors (Lipinski definition) is 2. The number of halogens is 3. The van der Waals surface area contributed by atoms with Crippen LogP contribution in [0.5, 0.6) is 5.75 Å². The first-order chi connectivity index (χ1) is 18.8. The molecule has 14 heteroatoms. The van der Waals surface area contributed by atoms with Gasteiger partial charge in [-0.15, -0.1) is 0 Å². The number of benzene rings is 1. The van der Waals surface area contributed by atoms with Crippen LogP contribution in [0, 0.1) is 18.3 Å². The molecule has 0 amide bonds. The Morgan fingerprint density at radius 2 is 1.87 bits per heavy atom. The van der Waals surface area contributed by atoms with E-state index in [0.29, 0.717) is 28.8 Å². The number of nitriles is 1. The molecule has 0 saturated carbocycles. The second-order valence-corrected chi connectivity index (χ2v) is 10.5. The summed E-state index contributed by atoms with van der Waals surface area (Å²) in [5.74, 6) is 0.888. The van der Waals surface area contributed by atoms with Gasteiger partial charge >= 0.3 is 0 Å². The number of nitrogens with zero attached hydrogens (tertiary/aromatic N) is 7. The van der Waals surface area contributed by atoms with Gasteiger partial charge in [-0.1, -0.05) is 6.07 Å². The van der Waals surface area contributed by atoms with Crippen LogP contribution in [-0.4, -0.2) is 36.2 Å². The normalized spacial score (nSPS) is 11.4. The molecule has 0 aliphatic heterocycles. The van der Waals surface area contributed by atoms with Crippen LogP contribution < -0.4 is 15.4 Å². The maximum absolute atomic E-state index is 13.9. The lowest BCUT2D eigenvalue weighted by Crippen LogP contribution is -2.02. The summed E-state index contributed by atoms with van der Waals surface area (Å²) in [7, 11) is 3.38. The molecule has 0 aliphatic carbocycles. The molecule has 2 N–H and O–H groups in total. The topological polar surface area (TPSA) is 119 Å². The number of hydrogen-bond acceptors (Lipinski definition) is 8. The summed E-state index contributed by atoms with van der Waals surface area (Å²) >= 11 is 2.02. The molecule has 10 nitrogen and oxygen atoms in total. The third kappa shape index (κ3) is 5.35. The van der Waals surface area contributed by atoms with E-state index in [1.807, 2.05) is 72.5 Å². The van der Waals surface area contributed by atoms with Gasteiger partial charge in [0.05, 0.1) is 30.6 Å². The second kappa shape index (κ2) is 11.1. The molecule has 39 heavy (non-hydrogen) atoms. The van der Waals surface area contributed by atoms with Gasteiger partial charge in [0.2, 0.25) is 0 Å². The minimum Gasteiger partial charge on any atom is -0.494 e. The van der Waals surface area contributed by atoms with E-state index < -0.39 is 6.43 Å². The highest BCUT2D eigenvalue weighted by molar-refractivity contribution is 14.2. The summed E-state index contributed by atoms with van der Waals surface area (Å²) in [5.41, 5.74) is 4.12. The van der Waals surface area contributed by atoms with Crippen molar-refractivity contribution in [3.05, 3.63) is 65.7 Å². The Morgan fingerprint density at radius 3 is 2.54 bits per heavy atom. The summed E-state index contributed by atoms with van der Waals surface area (Å²) in [6.45, 7) is 1.85. The van der Waals surface area contributed by atoms with Crippen LogP contribution in [0.4, 0.5) is 31.8 Å². The minimum absolute atomic E-state index is 0.0642. The van der Waals surface area contributed by atoms with Crippen molar-refractivity contribution in [3.8, 4) is 23.1 Å². The molecule has 0 radical (unpaired) electrons. The van der Waals surface area contributed by atoms with Crippen LogP contribution in [0.2, 0.25) is 0 Å². The molecule has 0 saturated heterocycles. The standard InChI is InChI=1S/C25H21F2IN9OP/c1-13-9-14(12-29)30-19(10-13)32-20-11-18(21-24(33-20)37(39-28)25(34-21)23(26)27)31-17-6-4-5-15(22(17)38-3)16-7-8-36(2)35-16/h4-11,23,39H,1-3H3,(H2,30,31,32,33). The van der Waals surface area contributed by atoms with E-state index >= 15 is 0 Å². The molecule has 0 spiro atoms. The van der Waals surface area contributed by atoms with Crippen molar-refractivity contribution in [3.63, 3.8) is 0 Å². The van der Waals surface area contributed by atoms with Crippen LogP contribution in [0.1, 0.15) is 23.5 Å². The lowest BCUT2D eigenvalue weighted by Gasteiger charge is -2.16. The molecule has 0 fully saturated rings. The predicted molar refractivity (Wildman–Crippen MR) is 156 cm³/mol. The van der Waals surface area contributed by atoms with E-state index in [-0.39, 0.29) is 29.1 Å². The van der Waals surface area contributed by atoms with Crippen LogP contribution >= 0.6 is 28.4 Å². The maximum Gasteiger partial charge on any atom is 0.295 e. The average molecular weight is 659 g/mol. The highest BCUT2D eigenvalue weighted by atomic mass is 127. The number of alkyl halides is 2. The third-order valence-electron chi connectivity index (χ3n) is 5.74. The number of ether oxygens (including phenoxy) is 1. The monoisotopic (exact) mass is 659 g/mol. The lowest BCUT2D eigenvalue weighted by molar-refractivity contribution is 0.140. The van der Waals surface area contributed by atoms with E-state index in [9.17, 15) is 14.0 Å². The summed E-state index contributed by atoms with van der Waals surface area (Å²) in [5, 5.41) is 20.2. The zero-order chi connectivity index (χ0) is 27.7. The molecular formula is C25H21F2IN9OP. The molecule has 0 bridgehead atoms. The fraction of sp³-hybridized carbons (Fsp3) is 0.160. The van der Waals surface area contributed by atoms with E-state index in [1.54, 1.807) is 30.0 Å². The second-order valence-electron chi connectivity index (χ2n) is 8.46. The molecule has 1 aromatic carbocycles. The molecule has 5 rings (SSSR count). The number of anilines is 4. The van der Waals surface area contributed by atoms with Gasteiger partial charge in [0.15, 0.2) is 17.2 Å². The number of rotatable bonds is 8. The molecule has 1 unspecified atom stereocenters. The quantitative estimate of drug-likeness (QED) is 0.141. The number of aryl methyl sites for hydroxylation is 2. The Morgan fingerprint density at radius 1 is 1.08 bits per heavy atom. The van der Waals surface area contributed by atoms with E-state index in [4.69, 9.17) is 4.74 Å². The number of nitrogens with one attached hydrogen (secondary N) is 2. The molecule has 5 aromatic rings. The summed E-state index contributed by atoms with van der Waals surface area (Å²) in [6, 6.07) is 14.5. The van der Waals surface area contributed by atoms with Crippen molar-refractivity contribution in [1.29, 1.82) is 5.26 Å². The van der Waals surface area contributed by atoms with Crippen molar-refractivity contribution in [2.24, 2.45) is 7.05 Å². The Kier molecular flexibility index (Phi) is 7.58. The fourth-order valence-electron chi connectivity index (χ4n) is 4.13. The molecule has 4 aromatic heterocycles. The van der Waals surface area contributed by atoms with E-state index in [2.05, 4.69) is 30.7 Å². The van der Waals surface area contributed by atoms with Gasteiger partial charge in [0.25, 0.3) is 6.43 Å². The first-order valence-electron chi connectivity index (χ1n) is 11.5. The van der Waals surface area contributed by atoms with E-state index in [1.165, 1.54) is 4.34 Å². The largest absolute Gasteiger partial charge is 0.494 e. The number of pyridine rings is 2. The summed E-state index contributed by atoms with van der Waals surface area (Å²) < 4.78 is 36.7. The average Bonchev–Trinajstić information content (AvgIpc) is 3.51. The molecule has 198 valence electrons. The van der Waals surface area contributed by atoms with Gasteiger partial charge < -0.3 is 15.4 Å². The van der Waals surface area contributed by atoms with Crippen molar-refractivity contribution in [2.45, 2.75) is 13.3 Å². The van der Waals surface area contributed by atoms with Crippen molar-refractivity contribution in [2.75, 3.05) is 17.7 Å². The highest BCUT2D eigenvalue weighted by Crippen LogP contribution is 2.41. The minimum atomic E-state index is -2.79. The lowest BCUT2D eigenvalue weighted by atomic mass is 10.1. The smallest absolute Gasteiger partial charge is 0.295 e. The van der Waals surface area contributed by atoms with Crippen LogP contribution in [0.3, 0.4) is 0 Å². The van der Waals surface area contributed by atoms with Crippen molar-refractivity contribution in [1.82, 2.24) is 29.1 Å². The number of methoxy groups -OCH3 is 1. The Bertz CT molecular complexity index is 1730. The number of para-hydroxylation sites is 1. The van der Waals surface area contributed by atoms with Gasteiger partial charge in [-0.25, -0.2) is 23.7 Å². The first-order valence-corrected chi connectivity index (χ1v) is 15.6. The van der Waals surface area contributed by atoms with Gasteiger partial charge in [0.1, 0.15) is 28.9 Å². The van der Waals surface area contributed by atoms with Crippen LogP contribution in [-0.2, 0) is 7.05 Å². The third-order valence-corrected chi connectivity index (χ3v) is 7.80. The number of fused-ring (bicyclic) bond motifs is 1. The zero-order valence-corrected chi connectivity index (χ0v) is 24.0. The summed E-state index contributed by atoms with van der Waals surface area (Å²) in [4.78, 5) is 13.1. The summed E-state index contributed by atoms with van der Waals surface area (Å²) in [6.07, 6.45) is -1.02. The Balaban J connectivity index is 1.66. The van der Waals surface area contributed by atoms with E-state index in [0.717, 1.165) is 16.8 Å². The Labute approximate surface area is 236 Å². The molecular weight excluding hydrogens is 638 g/mol. The maximum atomic E-state index is 13.9. The Hall–Kier alpha value is -3.89. The zero-order valence-electron chi connectivity index (χ0n) is 20.9. The first kappa shape index (κ1) is 26.7.